The molecule has 4 heteroatoms. The molecule has 0 saturated heterocycles. The number of nitrogens with one attached hydrogen (secondary N) is 2. The van der Waals surface area contributed by atoms with E-state index in [0.717, 1.165) is 12.8 Å². The normalized spacial score (nSPS) is 18.7. The second kappa shape index (κ2) is 5.19. The van der Waals surface area contributed by atoms with E-state index in [1.807, 2.05) is 13.8 Å². The minimum Gasteiger partial charge on any atom is -0.369 e. The van der Waals surface area contributed by atoms with Crippen molar-refractivity contribution in [1.29, 1.82) is 0 Å². The van der Waals surface area contributed by atoms with E-state index in [-0.39, 0.29) is 11.9 Å². The van der Waals surface area contributed by atoms with Gasteiger partial charge in [-0.2, -0.15) is 0 Å². The lowest BCUT2D eigenvalue weighted by Crippen LogP contribution is -2.42. The minimum absolute atomic E-state index is 0.261. The summed E-state index contributed by atoms with van der Waals surface area (Å²) in [6, 6.07) is 8.73. The first-order chi connectivity index (χ1) is 9.99. The van der Waals surface area contributed by atoms with E-state index in [1.54, 1.807) is 0 Å². The third kappa shape index (κ3) is 2.56. The fourth-order valence-corrected chi connectivity index (χ4v) is 3.08. The van der Waals surface area contributed by atoms with Crippen LogP contribution in [0.25, 0.3) is 10.9 Å². The lowest BCUT2D eigenvalue weighted by molar-refractivity contribution is -0.125. The molecule has 0 saturated carbocycles. The summed E-state index contributed by atoms with van der Waals surface area (Å²) in [4.78, 5) is 15.0. The molecule has 2 aromatic rings. The second-order valence-electron chi connectivity index (χ2n) is 6.64. The Hall–Kier alpha value is -1.81. The molecular weight excluding hydrogens is 262 g/mol. The van der Waals surface area contributed by atoms with Gasteiger partial charge in [0.05, 0.1) is 5.41 Å². The van der Waals surface area contributed by atoms with E-state index in [0.29, 0.717) is 6.54 Å². The highest BCUT2D eigenvalue weighted by atomic mass is 16.1. The molecule has 3 rings (SSSR count). The molecule has 4 N–H and O–H groups in total. The molecule has 1 aliphatic carbocycles. The van der Waals surface area contributed by atoms with Crippen molar-refractivity contribution in [2.45, 2.75) is 39.2 Å². The summed E-state index contributed by atoms with van der Waals surface area (Å²) in [6.45, 7) is 4.37. The van der Waals surface area contributed by atoms with Gasteiger partial charge in [-0.15, -0.1) is 0 Å². The number of amides is 1. The van der Waals surface area contributed by atoms with Gasteiger partial charge in [-0.3, -0.25) is 4.79 Å². The predicted octanol–water partition coefficient (Wildman–Crippen LogP) is 2.65. The molecule has 112 valence electrons. The van der Waals surface area contributed by atoms with Crippen molar-refractivity contribution in [2.75, 3.05) is 6.54 Å². The molecule has 1 aliphatic rings. The van der Waals surface area contributed by atoms with E-state index in [1.165, 1.54) is 28.6 Å². The number of hydrogen-bond donors (Lipinski definition) is 3. The van der Waals surface area contributed by atoms with Crippen LogP contribution < -0.4 is 11.1 Å². The van der Waals surface area contributed by atoms with Gasteiger partial charge in [-0.1, -0.05) is 18.2 Å². The van der Waals surface area contributed by atoms with Crippen molar-refractivity contribution in [2.24, 2.45) is 11.1 Å². The number of H-pyrrole nitrogens is 1. The van der Waals surface area contributed by atoms with Gasteiger partial charge in [0.15, 0.2) is 0 Å². The lowest BCUT2D eigenvalue weighted by atomic mass is 9.89. The van der Waals surface area contributed by atoms with E-state index >= 15 is 0 Å². The lowest BCUT2D eigenvalue weighted by Gasteiger charge is -2.28. The molecule has 21 heavy (non-hydrogen) atoms. The number of aromatic nitrogens is 1. The second-order valence-corrected chi connectivity index (χ2v) is 6.64. The summed E-state index contributed by atoms with van der Waals surface area (Å²) in [5.41, 5.74) is 8.83. The number of benzene rings is 1. The molecule has 0 fully saturated rings. The topological polar surface area (TPSA) is 70.9 Å². The van der Waals surface area contributed by atoms with Crippen LogP contribution in [0.2, 0.25) is 0 Å². The van der Waals surface area contributed by atoms with Crippen LogP contribution in [0.3, 0.4) is 0 Å². The maximum Gasteiger partial charge on any atom is 0.224 e. The maximum absolute atomic E-state index is 11.5. The fraction of sp³-hybridized carbons (Fsp3) is 0.471. The zero-order chi connectivity index (χ0) is 15.0. The van der Waals surface area contributed by atoms with Gasteiger partial charge in [0.1, 0.15) is 0 Å². The average Bonchev–Trinajstić information content (AvgIpc) is 2.84. The number of nitrogens with two attached hydrogens (primary N) is 1. The summed E-state index contributed by atoms with van der Waals surface area (Å²) in [7, 11) is 0. The smallest absolute Gasteiger partial charge is 0.224 e. The molecule has 0 aliphatic heterocycles. The van der Waals surface area contributed by atoms with E-state index in [2.05, 4.69) is 34.6 Å². The van der Waals surface area contributed by atoms with Gasteiger partial charge in [-0.25, -0.2) is 0 Å². The van der Waals surface area contributed by atoms with Crippen LogP contribution in [0.1, 0.15) is 44.0 Å². The van der Waals surface area contributed by atoms with Crippen LogP contribution in [0.15, 0.2) is 24.3 Å². The quantitative estimate of drug-likeness (QED) is 0.808. The summed E-state index contributed by atoms with van der Waals surface area (Å²) in [6.07, 6.45) is 3.38. The highest BCUT2D eigenvalue weighted by molar-refractivity contribution is 5.85. The maximum atomic E-state index is 11.5. The Bertz CT molecular complexity index is 672. The summed E-state index contributed by atoms with van der Waals surface area (Å²) in [5, 5.41) is 4.86. The zero-order valence-corrected chi connectivity index (χ0v) is 12.7. The van der Waals surface area contributed by atoms with Crippen molar-refractivity contribution in [3.63, 3.8) is 0 Å². The van der Waals surface area contributed by atoms with Crippen LogP contribution in [-0.2, 0) is 11.2 Å². The van der Waals surface area contributed by atoms with Crippen LogP contribution in [0.5, 0.6) is 0 Å². The standard InChI is InChI=1S/C17H23N3O/c1-17(2,16(18)21)10-19-14-9-5-7-12-11-6-3-4-8-13(11)20-15(12)14/h3-4,6,8,14,19-20H,5,7,9-10H2,1-2H3,(H2,18,21). The molecule has 0 radical (unpaired) electrons. The highest BCUT2D eigenvalue weighted by Crippen LogP contribution is 2.34. The first-order valence-electron chi connectivity index (χ1n) is 7.62. The molecule has 1 amide bonds. The number of carbonyl (C=O) groups is 1. The van der Waals surface area contributed by atoms with Gasteiger partial charge in [0.2, 0.25) is 5.91 Å². The molecule has 0 bridgehead atoms. The molecule has 1 aromatic carbocycles. The van der Waals surface area contributed by atoms with Crippen LogP contribution in [0.4, 0.5) is 0 Å². The third-order valence-electron chi connectivity index (χ3n) is 4.57. The van der Waals surface area contributed by atoms with Gasteiger partial charge in [0, 0.05) is 29.2 Å². The van der Waals surface area contributed by atoms with Crippen molar-refractivity contribution >= 4 is 16.8 Å². The Morgan fingerprint density at radius 2 is 2.19 bits per heavy atom. The van der Waals surface area contributed by atoms with Gasteiger partial charge in [-0.05, 0) is 44.7 Å². The number of hydrogen-bond acceptors (Lipinski definition) is 2. The van der Waals surface area contributed by atoms with Crippen LogP contribution in [0, 0.1) is 5.41 Å². The number of carbonyl (C=O) groups excluding carboxylic acids is 1. The van der Waals surface area contributed by atoms with Crippen molar-refractivity contribution < 1.29 is 4.79 Å². The number of para-hydroxylation sites is 1. The molecule has 0 spiro atoms. The number of aryl methyl sites for hydroxylation is 1. The first kappa shape index (κ1) is 14.1. The number of aromatic amines is 1. The SMILES string of the molecule is CC(C)(CNC1CCCc2c1[nH]c1ccccc21)C(N)=O. The minimum atomic E-state index is -0.524. The Morgan fingerprint density at radius 3 is 2.95 bits per heavy atom. The molecule has 1 aromatic heterocycles. The fourth-order valence-electron chi connectivity index (χ4n) is 3.08. The highest BCUT2D eigenvalue weighted by Gasteiger charge is 2.29. The number of primary amides is 1. The van der Waals surface area contributed by atoms with Gasteiger partial charge < -0.3 is 16.0 Å². The van der Waals surface area contributed by atoms with Gasteiger partial charge in [0.25, 0.3) is 0 Å². The molecule has 4 nitrogen and oxygen atoms in total. The monoisotopic (exact) mass is 285 g/mol. The molecule has 1 unspecified atom stereocenters. The number of fused-ring (bicyclic) bond motifs is 3. The Morgan fingerprint density at radius 1 is 1.43 bits per heavy atom. The van der Waals surface area contributed by atoms with Gasteiger partial charge >= 0.3 is 0 Å². The summed E-state index contributed by atoms with van der Waals surface area (Å²) in [5.74, 6) is -0.261. The van der Waals surface area contributed by atoms with Crippen LogP contribution in [-0.4, -0.2) is 17.4 Å². The van der Waals surface area contributed by atoms with Crippen LogP contribution >= 0.6 is 0 Å². The van der Waals surface area contributed by atoms with E-state index in [9.17, 15) is 4.79 Å². The Labute approximate surface area is 125 Å². The predicted molar refractivity (Wildman–Crippen MR) is 85.0 cm³/mol. The molecule has 1 heterocycles. The summed E-state index contributed by atoms with van der Waals surface area (Å²) >= 11 is 0. The van der Waals surface area contributed by atoms with Crippen molar-refractivity contribution in [3.05, 3.63) is 35.5 Å². The third-order valence-corrected chi connectivity index (χ3v) is 4.57. The molecular formula is C17H23N3O. The van der Waals surface area contributed by atoms with E-state index in [4.69, 9.17) is 5.73 Å². The Balaban J connectivity index is 1.86. The van der Waals surface area contributed by atoms with Crippen molar-refractivity contribution in [3.8, 4) is 0 Å². The largest absolute Gasteiger partial charge is 0.369 e. The van der Waals surface area contributed by atoms with E-state index < -0.39 is 5.41 Å². The average molecular weight is 285 g/mol. The first-order valence-corrected chi connectivity index (χ1v) is 7.62. The zero-order valence-electron chi connectivity index (χ0n) is 12.7. The number of rotatable bonds is 4. The summed E-state index contributed by atoms with van der Waals surface area (Å²) < 4.78 is 0. The molecule has 1 atom stereocenters. The Kier molecular flexibility index (Phi) is 3.49. The van der Waals surface area contributed by atoms with Crippen molar-refractivity contribution in [1.82, 2.24) is 10.3 Å².